The Morgan fingerprint density at radius 3 is 2.61 bits per heavy atom. The van der Waals surface area contributed by atoms with Gasteiger partial charge in [-0.2, -0.15) is 0 Å². The summed E-state index contributed by atoms with van der Waals surface area (Å²) in [5, 5.41) is 3.23. The summed E-state index contributed by atoms with van der Waals surface area (Å²) in [6, 6.07) is 1.72. The second-order valence-electron chi connectivity index (χ2n) is 5.39. The van der Waals surface area contributed by atoms with Gasteiger partial charge >= 0.3 is 5.97 Å². The van der Waals surface area contributed by atoms with Gasteiger partial charge in [0.1, 0.15) is 11.4 Å². The molecule has 0 fully saturated rings. The Hall–Kier alpha value is -1.78. The average molecular weight is 251 g/mol. The van der Waals surface area contributed by atoms with Crippen LogP contribution in [0.15, 0.2) is 12.3 Å². The van der Waals surface area contributed by atoms with Crippen molar-refractivity contribution in [2.75, 3.05) is 18.2 Å². The van der Waals surface area contributed by atoms with Gasteiger partial charge < -0.3 is 15.8 Å². The molecule has 1 heterocycles. The summed E-state index contributed by atoms with van der Waals surface area (Å²) < 4.78 is 4.72. The molecule has 0 radical (unpaired) electrons. The first-order valence-corrected chi connectivity index (χ1v) is 5.86. The molecule has 0 amide bonds. The third kappa shape index (κ3) is 3.35. The molecule has 18 heavy (non-hydrogen) atoms. The first kappa shape index (κ1) is 14.3. The van der Waals surface area contributed by atoms with Gasteiger partial charge in [-0.05, 0) is 18.4 Å². The number of nitrogens with zero attached hydrogens (tertiary/aromatic N) is 1. The molecule has 1 aromatic heterocycles. The molecule has 0 aliphatic rings. The van der Waals surface area contributed by atoms with Crippen LogP contribution in [0.25, 0.3) is 0 Å². The minimum atomic E-state index is -0.446. The summed E-state index contributed by atoms with van der Waals surface area (Å²) in [5.41, 5.74) is 6.48. The molecule has 0 aromatic carbocycles. The van der Waals surface area contributed by atoms with Crippen molar-refractivity contribution in [1.82, 2.24) is 4.98 Å². The third-order valence-electron chi connectivity index (χ3n) is 2.97. The van der Waals surface area contributed by atoms with Crippen LogP contribution in [0.3, 0.4) is 0 Å². The number of methoxy groups -OCH3 is 1. The minimum Gasteiger partial charge on any atom is -0.465 e. The van der Waals surface area contributed by atoms with Gasteiger partial charge in [0.05, 0.1) is 19.0 Å². The van der Waals surface area contributed by atoms with Crippen LogP contribution in [-0.2, 0) is 4.74 Å². The van der Waals surface area contributed by atoms with E-state index in [-0.39, 0.29) is 11.5 Å². The van der Waals surface area contributed by atoms with Crippen LogP contribution >= 0.6 is 0 Å². The topological polar surface area (TPSA) is 77.2 Å². The van der Waals surface area contributed by atoms with Crippen LogP contribution < -0.4 is 11.1 Å². The number of ether oxygens (including phenoxy) is 1. The van der Waals surface area contributed by atoms with Gasteiger partial charge in [0, 0.05) is 6.04 Å². The van der Waals surface area contributed by atoms with Crippen molar-refractivity contribution in [3.8, 4) is 0 Å². The molecular formula is C13H21N3O2. The number of carbonyl (C=O) groups is 1. The van der Waals surface area contributed by atoms with Gasteiger partial charge in [-0.25, -0.2) is 9.78 Å². The van der Waals surface area contributed by atoms with E-state index in [4.69, 9.17) is 10.5 Å². The van der Waals surface area contributed by atoms with Crippen LogP contribution in [0.1, 0.15) is 38.1 Å². The van der Waals surface area contributed by atoms with E-state index < -0.39 is 5.97 Å². The standard InChI is InChI=1S/C13H21N3O2/c1-8(13(2,3)4)16-11-10(12(17)18-5)6-9(14)7-15-11/h6-8H,14H2,1-5H3,(H,15,16). The molecule has 100 valence electrons. The second kappa shape index (κ2) is 5.25. The van der Waals surface area contributed by atoms with Crippen LogP contribution in [-0.4, -0.2) is 24.1 Å². The van der Waals surface area contributed by atoms with Crippen LogP contribution in [0.2, 0.25) is 0 Å². The highest BCUT2D eigenvalue weighted by molar-refractivity contribution is 5.95. The smallest absolute Gasteiger partial charge is 0.341 e. The number of rotatable bonds is 3. The first-order valence-electron chi connectivity index (χ1n) is 5.86. The highest BCUT2D eigenvalue weighted by Crippen LogP contribution is 2.24. The molecule has 0 saturated carbocycles. The number of nitrogens with one attached hydrogen (secondary N) is 1. The highest BCUT2D eigenvalue weighted by atomic mass is 16.5. The number of carbonyl (C=O) groups excluding carboxylic acids is 1. The fraction of sp³-hybridized carbons (Fsp3) is 0.538. The largest absolute Gasteiger partial charge is 0.465 e. The van der Waals surface area contributed by atoms with Gasteiger partial charge in [-0.1, -0.05) is 20.8 Å². The molecule has 0 aliphatic heterocycles. The van der Waals surface area contributed by atoms with E-state index in [2.05, 4.69) is 31.1 Å². The summed E-state index contributed by atoms with van der Waals surface area (Å²) >= 11 is 0. The number of nitrogen functional groups attached to an aromatic ring is 1. The number of hydrogen-bond acceptors (Lipinski definition) is 5. The van der Waals surface area contributed by atoms with E-state index >= 15 is 0 Å². The Morgan fingerprint density at radius 2 is 2.11 bits per heavy atom. The average Bonchev–Trinajstić information content (AvgIpc) is 2.29. The predicted molar refractivity (Wildman–Crippen MR) is 72.5 cm³/mol. The molecule has 1 unspecified atom stereocenters. The zero-order valence-corrected chi connectivity index (χ0v) is 11.6. The van der Waals surface area contributed by atoms with E-state index in [0.29, 0.717) is 17.1 Å². The van der Waals surface area contributed by atoms with Crippen LogP contribution in [0, 0.1) is 5.41 Å². The molecule has 0 saturated heterocycles. The lowest BCUT2D eigenvalue weighted by Gasteiger charge is -2.29. The van der Waals surface area contributed by atoms with E-state index in [1.165, 1.54) is 13.3 Å². The maximum atomic E-state index is 11.7. The Morgan fingerprint density at radius 1 is 1.50 bits per heavy atom. The van der Waals surface area contributed by atoms with Crippen molar-refractivity contribution in [3.05, 3.63) is 17.8 Å². The highest BCUT2D eigenvalue weighted by Gasteiger charge is 2.22. The lowest BCUT2D eigenvalue weighted by atomic mass is 9.88. The maximum absolute atomic E-state index is 11.7. The zero-order valence-electron chi connectivity index (χ0n) is 11.6. The summed E-state index contributed by atoms with van der Waals surface area (Å²) in [6.07, 6.45) is 1.52. The molecule has 5 nitrogen and oxygen atoms in total. The Bertz CT molecular complexity index is 438. The predicted octanol–water partition coefficient (Wildman–Crippen LogP) is 2.30. The van der Waals surface area contributed by atoms with E-state index in [0.717, 1.165) is 0 Å². The lowest BCUT2D eigenvalue weighted by molar-refractivity contribution is 0.0601. The fourth-order valence-electron chi connectivity index (χ4n) is 1.28. The second-order valence-corrected chi connectivity index (χ2v) is 5.39. The SMILES string of the molecule is COC(=O)c1cc(N)cnc1NC(C)C(C)(C)C. The van der Waals surface area contributed by atoms with Crippen LogP contribution in [0.4, 0.5) is 11.5 Å². The zero-order chi connectivity index (χ0) is 13.9. The van der Waals surface area contributed by atoms with Crippen molar-refractivity contribution < 1.29 is 9.53 Å². The van der Waals surface area contributed by atoms with Crippen molar-refractivity contribution in [1.29, 1.82) is 0 Å². The fourth-order valence-corrected chi connectivity index (χ4v) is 1.28. The van der Waals surface area contributed by atoms with Crippen molar-refractivity contribution in [2.45, 2.75) is 33.7 Å². The normalized spacial score (nSPS) is 12.9. The van der Waals surface area contributed by atoms with Gasteiger partial charge in [0.25, 0.3) is 0 Å². The Balaban J connectivity index is 3.05. The molecule has 1 rings (SSSR count). The quantitative estimate of drug-likeness (QED) is 0.806. The number of hydrogen-bond donors (Lipinski definition) is 2. The number of pyridine rings is 1. The Labute approximate surface area is 108 Å². The lowest BCUT2D eigenvalue weighted by Crippen LogP contribution is -2.32. The number of aromatic nitrogens is 1. The van der Waals surface area contributed by atoms with Crippen molar-refractivity contribution in [3.63, 3.8) is 0 Å². The molecule has 0 spiro atoms. The summed E-state index contributed by atoms with van der Waals surface area (Å²) in [4.78, 5) is 15.8. The molecule has 0 aliphatic carbocycles. The minimum absolute atomic E-state index is 0.0520. The summed E-state index contributed by atoms with van der Waals surface area (Å²) in [6.45, 7) is 8.37. The van der Waals surface area contributed by atoms with E-state index in [1.54, 1.807) is 6.07 Å². The molecule has 1 aromatic rings. The van der Waals surface area contributed by atoms with Crippen molar-refractivity contribution >= 4 is 17.5 Å². The molecule has 1 atom stereocenters. The molecule has 5 heteroatoms. The maximum Gasteiger partial charge on any atom is 0.341 e. The molecule has 0 bridgehead atoms. The monoisotopic (exact) mass is 251 g/mol. The number of esters is 1. The van der Waals surface area contributed by atoms with Gasteiger partial charge in [0.2, 0.25) is 0 Å². The van der Waals surface area contributed by atoms with Gasteiger partial charge in [-0.3, -0.25) is 0 Å². The van der Waals surface area contributed by atoms with E-state index in [1.807, 2.05) is 6.92 Å². The summed E-state index contributed by atoms with van der Waals surface area (Å²) in [7, 11) is 1.34. The van der Waals surface area contributed by atoms with Crippen molar-refractivity contribution in [2.24, 2.45) is 5.41 Å². The number of anilines is 2. The molecule has 3 N–H and O–H groups in total. The molecular weight excluding hydrogens is 230 g/mol. The first-order chi connectivity index (χ1) is 8.25. The number of nitrogens with two attached hydrogens (primary N) is 1. The van der Waals surface area contributed by atoms with Gasteiger partial charge in [0.15, 0.2) is 0 Å². The van der Waals surface area contributed by atoms with Gasteiger partial charge in [-0.15, -0.1) is 0 Å². The third-order valence-corrected chi connectivity index (χ3v) is 2.97. The van der Waals surface area contributed by atoms with E-state index in [9.17, 15) is 4.79 Å². The van der Waals surface area contributed by atoms with Crippen LogP contribution in [0.5, 0.6) is 0 Å². The summed E-state index contributed by atoms with van der Waals surface area (Å²) in [5.74, 6) is 0.0527. The Kier molecular flexibility index (Phi) is 4.16.